The van der Waals surface area contributed by atoms with Gasteiger partial charge in [0.05, 0.1) is 0 Å². The molecule has 0 amide bonds. The molecule has 0 heterocycles. The summed E-state index contributed by atoms with van der Waals surface area (Å²) in [4.78, 5) is 0. The summed E-state index contributed by atoms with van der Waals surface area (Å²) in [5.41, 5.74) is 6.19. The zero-order chi connectivity index (χ0) is 12.1. The molecule has 16 heavy (non-hydrogen) atoms. The number of nitrogens with two attached hydrogens (primary N) is 1. The third kappa shape index (κ3) is 4.17. The Morgan fingerprint density at radius 2 is 1.75 bits per heavy atom. The smallest absolute Gasteiger partial charge is 0.0392 e. The Balaban J connectivity index is 2.37. The average Bonchev–Trinajstić information content (AvgIpc) is 2.28. The number of hydrogen-bond acceptors (Lipinski definition) is 2. The third-order valence-corrected chi connectivity index (χ3v) is 6.05. The first-order chi connectivity index (χ1) is 7.52. The minimum Gasteiger partial charge on any atom is -0.327 e. The van der Waals surface area contributed by atoms with Crippen LogP contribution in [0.15, 0.2) is 0 Å². The molecule has 3 unspecified atom stereocenters. The maximum Gasteiger partial charge on any atom is 0.0392 e. The van der Waals surface area contributed by atoms with Gasteiger partial charge in [-0.15, -0.1) is 0 Å². The fourth-order valence-corrected chi connectivity index (χ4v) is 3.91. The summed E-state index contributed by atoms with van der Waals surface area (Å²) >= 11 is 0. The third-order valence-electron chi connectivity index (χ3n) is 3.97. The van der Waals surface area contributed by atoms with Gasteiger partial charge in [0.25, 0.3) is 0 Å². The first-order valence-corrected chi connectivity index (χ1v) is 8.03. The van der Waals surface area contributed by atoms with Crippen LogP contribution in [0.3, 0.4) is 0 Å². The maximum absolute atomic E-state index is 12.1. The summed E-state index contributed by atoms with van der Waals surface area (Å²) in [5, 5.41) is 0.273. The molecule has 0 radical (unpaired) electrons. The molecule has 0 aliphatic heterocycles. The summed E-state index contributed by atoms with van der Waals surface area (Å²) < 4.78 is 12.1. The van der Waals surface area contributed by atoms with Crippen molar-refractivity contribution in [2.75, 3.05) is 5.75 Å². The molecular weight excluding hydrogens is 218 g/mol. The van der Waals surface area contributed by atoms with E-state index in [-0.39, 0.29) is 11.3 Å². The maximum atomic E-state index is 12.1. The first kappa shape index (κ1) is 14.2. The van der Waals surface area contributed by atoms with Crippen LogP contribution >= 0.6 is 0 Å². The van der Waals surface area contributed by atoms with E-state index in [1.54, 1.807) is 0 Å². The Labute approximate surface area is 103 Å². The normalized spacial score (nSPS) is 24.3. The Bertz CT molecular complexity index is 224. The van der Waals surface area contributed by atoms with Crippen LogP contribution in [0.2, 0.25) is 0 Å². The van der Waals surface area contributed by atoms with Gasteiger partial charge in [-0.2, -0.15) is 0 Å². The summed E-state index contributed by atoms with van der Waals surface area (Å²) in [7, 11) is -0.752. The summed E-state index contributed by atoms with van der Waals surface area (Å²) in [6.45, 7) is 6.35. The Morgan fingerprint density at radius 1 is 1.19 bits per heavy atom. The van der Waals surface area contributed by atoms with Crippen molar-refractivity contribution < 1.29 is 4.21 Å². The standard InChI is InChI=1S/C13H27NOS/c1-10(2)11(3)16(15)9-13(14)12-7-5-4-6-8-12/h10-13H,4-9,14H2,1-3H3. The highest BCUT2D eigenvalue weighted by atomic mass is 32.2. The van der Waals surface area contributed by atoms with Crippen LogP contribution in [0.4, 0.5) is 0 Å². The highest BCUT2D eigenvalue weighted by molar-refractivity contribution is 7.85. The summed E-state index contributed by atoms with van der Waals surface area (Å²) in [6, 6.07) is 0.155. The van der Waals surface area contributed by atoms with Crippen LogP contribution in [0, 0.1) is 11.8 Å². The lowest BCUT2D eigenvalue weighted by molar-refractivity contribution is 0.318. The van der Waals surface area contributed by atoms with Gasteiger partial charge in [-0.25, -0.2) is 0 Å². The molecule has 2 N–H and O–H groups in total. The molecule has 1 fully saturated rings. The van der Waals surface area contributed by atoms with Crippen molar-refractivity contribution in [3.63, 3.8) is 0 Å². The monoisotopic (exact) mass is 245 g/mol. The SMILES string of the molecule is CC(C)C(C)S(=O)CC(N)C1CCCCC1. The molecule has 0 aromatic heterocycles. The van der Waals surface area contributed by atoms with E-state index in [1.165, 1.54) is 32.1 Å². The minimum absolute atomic E-state index is 0.155. The fraction of sp³-hybridized carbons (Fsp3) is 1.00. The van der Waals surface area contributed by atoms with Crippen molar-refractivity contribution in [3.8, 4) is 0 Å². The van der Waals surface area contributed by atoms with Gasteiger partial charge in [0.2, 0.25) is 0 Å². The van der Waals surface area contributed by atoms with Crippen LogP contribution in [0.25, 0.3) is 0 Å². The van der Waals surface area contributed by atoms with Crippen LogP contribution in [0.5, 0.6) is 0 Å². The highest BCUT2D eigenvalue weighted by Crippen LogP contribution is 2.26. The molecule has 0 saturated heterocycles. The number of rotatable bonds is 5. The Hall–Kier alpha value is 0.110. The second-order valence-corrected chi connectivity index (χ2v) is 7.40. The molecule has 2 nitrogen and oxygen atoms in total. The van der Waals surface area contributed by atoms with Crippen LogP contribution in [-0.4, -0.2) is 21.3 Å². The van der Waals surface area contributed by atoms with E-state index < -0.39 is 10.8 Å². The van der Waals surface area contributed by atoms with E-state index in [1.807, 2.05) is 0 Å². The topological polar surface area (TPSA) is 43.1 Å². The van der Waals surface area contributed by atoms with Crippen LogP contribution in [0.1, 0.15) is 52.9 Å². The molecule has 0 aromatic rings. The van der Waals surface area contributed by atoms with Crippen LogP contribution in [-0.2, 0) is 10.8 Å². The van der Waals surface area contributed by atoms with E-state index in [2.05, 4.69) is 20.8 Å². The van der Waals surface area contributed by atoms with E-state index in [4.69, 9.17) is 5.73 Å². The highest BCUT2D eigenvalue weighted by Gasteiger charge is 2.24. The molecule has 3 heteroatoms. The molecule has 1 rings (SSSR count). The molecule has 0 aromatic carbocycles. The molecule has 96 valence electrons. The molecule has 1 aliphatic carbocycles. The van der Waals surface area contributed by atoms with E-state index >= 15 is 0 Å². The predicted molar refractivity (Wildman–Crippen MR) is 71.9 cm³/mol. The van der Waals surface area contributed by atoms with Gasteiger partial charge < -0.3 is 5.73 Å². The molecule has 0 spiro atoms. The van der Waals surface area contributed by atoms with Gasteiger partial charge in [-0.05, 0) is 24.7 Å². The van der Waals surface area contributed by atoms with Crippen molar-refractivity contribution in [1.29, 1.82) is 0 Å². The minimum atomic E-state index is -0.752. The summed E-state index contributed by atoms with van der Waals surface area (Å²) in [6.07, 6.45) is 6.47. The Kier molecular flexibility index (Phi) is 5.98. The Morgan fingerprint density at radius 3 is 2.25 bits per heavy atom. The molecule has 1 saturated carbocycles. The van der Waals surface area contributed by atoms with Crippen molar-refractivity contribution in [2.24, 2.45) is 17.6 Å². The molecule has 1 aliphatic rings. The molecule has 0 bridgehead atoms. The van der Waals surface area contributed by atoms with E-state index in [0.29, 0.717) is 17.6 Å². The quantitative estimate of drug-likeness (QED) is 0.809. The lowest BCUT2D eigenvalue weighted by atomic mass is 9.85. The van der Waals surface area contributed by atoms with Crippen molar-refractivity contribution >= 4 is 10.8 Å². The van der Waals surface area contributed by atoms with Crippen molar-refractivity contribution in [2.45, 2.75) is 64.2 Å². The predicted octanol–water partition coefficient (Wildman–Crippen LogP) is 2.69. The second-order valence-electron chi connectivity index (χ2n) is 5.56. The van der Waals surface area contributed by atoms with Crippen molar-refractivity contribution in [3.05, 3.63) is 0 Å². The van der Waals surface area contributed by atoms with Gasteiger partial charge in [-0.1, -0.05) is 40.0 Å². The van der Waals surface area contributed by atoms with Gasteiger partial charge in [-0.3, -0.25) is 4.21 Å². The van der Waals surface area contributed by atoms with Crippen LogP contribution < -0.4 is 5.73 Å². The van der Waals surface area contributed by atoms with Gasteiger partial charge >= 0.3 is 0 Å². The molecular formula is C13H27NOS. The molecule has 3 atom stereocenters. The van der Waals surface area contributed by atoms with Gasteiger partial charge in [0.1, 0.15) is 0 Å². The lowest BCUT2D eigenvalue weighted by Crippen LogP contribution is -2.38. The zero-order valence-corrected chi connectivity index (χ0v) is 11.8. The lowest BCUT2D eigenvalue weighted by Gasteiger charge is -2.28. The van der Waals surface area contributed by atoms with Gasteiger partial charge in [0, 0.05) is 27.8 Å². The van der Waals surface area contributed by atoms with E-state index in [9.17, 15) is 4.21 Å². The number of hydrogen-bond donors (Lipinski definition) is 1. The second kappa shape index (κ2) is 6.75. The van der Waals surface area contributed by atoms with Gasteiger partial charge in [0.15, 0.2) is 0 Å². The first-order valence-electron chi connectivity index (χ1n) is 6.65. The van der Waals surface area contributed by atoms with E-state index in [0.717, 1.165) is 0 Å². The van der Waals surface area contributed by atoms with Crippen molar-refractivity contribution in [1.82, 2.24) is 0 Å². The summed E-state index contributed by atoms with van der Waals surface area (Å²) in [5.74, 6) is 1.81. The zero-order valence-electron chi connectivity index (χ0n) is 10.9. The largest absolute Gasteiger partial charge is 0.327 e. The average molecular weight is 245 g/mol. The fourth-order valence-electron chi connectivity index (χ4n) is 2.34.